The monoisotopic (exact) mass is 461 g/mol. The van der Waals surface area contributed by atoms with E-state index in [1.807, 2.05) is 60.7 Å². The van der Waals surface area contributed by atoms with Gasteiger partial charge in [-0.3, -0.25) is 4.79 Å². The van der Waals surface area contributed by atoms with Crippen LogP contribution >= 0.6 is 0 Å². The van der Waals surface area contributed by atoms with Gasteiger partial charge >= 0.3 is 0 Å². The Balaban J connectivity index is 1.71. The van der Waals surface area contributed by atoms with E-state index in [1.54, 1.807) is 17.0 Å². The third-order valence-corrected chi connectivity index (χ3v) is 5.39. The molecule has 4 rings (SSSR count). The van der Waals surface area contributed by atoms with Gasteiger partial charge in [-0.25, -0.2) is 0 Å². The molecule has 1 aliphatic heterocycles. The van der Waals surface area contributed by atoms with Crippen molar-refractivity contribution in [2.24, 2.45) is 0 Å². The Hall–Kier alpha value is -4.13. The van der Waals surface area contributed by atoms with Crippen LogP contribution in [0.25, 0.3) is 6.08 Å². The average molecular weight is 462 g/mol. The molecule has 1 amide bonds. The normalized spacial score (nSPS) is 12.3. The zero-order valence-corrected chi connectivity index (χ0v) is 19.4. The molecule has 7 nitrogen and oxygen atoms in total. The van der Waals surface area contributed by atoms with Gasteiger partial charge in [0.1, 0.15) is 13.2 Å². The predicted octanol–water partition coefficient (Wildman–Crippen LogP) is 4.84. The third-order valence-electron chi connectivity index (χ3n) is 5.39. The number of anilines is 1. The Labute approximate surface area is 199 Å². The minimum atomic E-state index is -0.228. The predicted molar refractivity (Wildman–Crippen MR) is 131 cm³/mol. The molecule has 0 saturated heterocycles. The lowest BCUT2D eigenvalue weighted by molar-refractivity contribution is 0.0988. The highest BCUT2D eigenvalue weighted by Crippen LogP contribution is 2.39. The van der Waals surface area contributed by atoms with Gasteiger partial charge < -0.3 is 28.6 Å². The molecular weight excluding hydrogens is 434 g/mol. The van der Waals surface area contributed by atoms with Crippen molar-refractivity contribution >= 4 is 17.7 Å². The minimum Gasteiger partial charge on any atom is -0.493 e. The van der Waals surface area contributed by atoms with Crippen LogP contribution in [0, 0.1) is 0 Å². The van der Waals surface area contributed by atoms with E-state index in [1.165, 1.54) is 21.3 Å². The summed E-state index contributed by atoms with van der Waals surface area (Å²) in [5.41, 5.74) is 2.13. The molecule has 1 heterocycles. The molecule has 0 atom stereocenters. The SMILES string of the molecule is COc1cc(C(=O)N(CC=Cc2ccccc2)c2ccc3c(c2)OCCO3)cc(OC)c1OC. The molecule has 0 unspecified atom stereocenters. The van der Waals surface area contributed by atoms with Crippen LogP contribution in [0.1, 0.15) is 15.9 Å². The molecule has 176 valence electrons. The van der Waals surface area contributed by atoms with Crippen molar-refractivity contribution < 1.29 is 28.5 Å². The molecule has 0 aromatic heterocycles. The van der Waals surface area contributed by atoms with Crippen LogP contribution in [0.5, 0.6) is 28.7 Å². The Morgan fingerprint density at radius 3 is 2.21 bits per heavy atom. The maximum absolute atomic E-state index is 13.8. The number of ether oxygens (including phenoxy) is 5. The first kappa shape index (κ1) is 23.0. The molecule has 0 aliphatic carbocycles. The molecule has 34 heavy (non-hydrogen) atoms. The number of benzene rings is 3. The molecule has 3 aromatic rings. The lowest BCUT2D eigenvalue weighted by Gasteiger charge is -2.25. The van der Waals surface area contributed by atoms with Crippen LogP contribution in [-0.2, 0) is 0 Å². The Morgan fingerprint density at radius 1 is 0.882 bits per heavy atom. The van der Waals surface area contributed by atoms with Crippen molar-refractivity contribution in [3.8, 4) is 28.7 Å². The van der Waals surface area contributed by atoms with Gasteiger partial charge in [0.05, 0.1) is 21.3 Å². The number of hydrogen-bond acceptors (Lipinski definition) is 6. The number of carbonyl (C=O) groups excluding carboxylic acids is 1. The summed E-state index contributed by atoms with van der Waals surface area (Å²) in [6.45, 7) is 1.30. The molecule has 0 radical (unpaired) electrons. The quantitative estimate of drug-likeness (QED) is 0.478. The van der Waals surface area contributed by atoms with Gasteiger partial charge in [0.15, 0.2) is 23.0 Å². The van der Waals surface area contributed by atoms with Crippen molar-refractivity contribution in [1.29, 1.82) is 0 Å². The topological polar surface area (TPSA) is 66.5 Å². The highest BCUT2D eigenvalue weighted by Gasteiger charge is 2.23. The van der Waals surface area contributed by atoms with E-state index in [4.69, 9.17) is 23.7 Å². The van der Waals surface area contributed by atoms with E-state index >= 15 is 0 Å². The fraction of sp³-hybridized carbons (Fsp3) is 0.222. The van der Waals surface area contributed by atoms with Gasteiger partial charge in [-0.1, -0.05) is 42.5 Å². The van der Waals surface area contributed by atoms with Crippen LogP contribution in [0.4, 0.5) is 5.69 Å². The summed E-state index contributed by atoms with van der Waals surface area (Å²) in [6.07, 6.45) is 3.93. The molecular formula is C27H27NO6. The minimum absolute atomic E-state index is 0.228. The molecule has 0 saturated carbocycles. The fourth-order valence-electron chi connectivity index (χ4n) is 3.72. The van der Waals surface area contributed by atoms with E-state index in [0.717, 1.165) is 5.56 Å². The van der Waals surface area contributed by atoms with Gasteiger partial charge in [-0.2, -0.15) is 0 Å². The molecule has 0 fully saturated rings. The largest absolute Gasteiger partial charge is 0.493 e. The second kappa shape index (κ2) is 10.7. The van der Waals surface area contributed by atoms with Crippen molar-refractivity contribution in [3.63, 3.8) is 0 Å². The maximum atomic E-state index is 13.8. The van der Waals surface area contributed by atoms with Crippen LogP contribution in [0.2, 0.25) is 0 Å². The zero-order valence-electron chi connectivity index (χ0n) is 19.4. The van der Waals surface area contributed by atoms with Gasteiger partial charge in [0.25, 0.3) is 5.91 Å². The standard InChI is InChI=1S/C27H27NO6/c1-30-24-16-20(17-25(31-2)26(24)32-3)27(29)28(13-7-10-19-8-5-4-6-9-19)21-11-12-22-23(18-21)34-15-14-33-22/h4-12,16-18H,13-15H2,1-3H3. The molecule has 0 spiro atoms. The highest BCUT2D eigenvalue weighted by atomic mass is 16.6. The second-order valence-electron chi connectivity index (χ2n) is 7.47. The number of amides is 1. The summed E-state index contributed by atoms with van der Waals surface area (Å²) in [6, 6.07) is 18.7. The number of fused-ring (bicyclic) bond motifs is 1. The molecule has 0 bridgehead atoms. The smallest absolute Gasteiger partial charge is 0.258 e. The summed E-state index contributed by atoms with van der Waals surface area (Å²) in [7, 11) is 4.57. The number of nitrogens with zero attached hydrogens (tertiary/aromatic N) is 1. The van der Waals surface area contributed by atoms with Gasteiger partial charge in [-0.15, -0.1) is 0 Å². The lowest BCUT2D eigenvalue weighted by Crippen LogP contribution is -2.31. The zero-order chi connectivity index (χ0) is 23.9. The summed E-state index contributed by atoms with van der Waals surface area (Å²) in [5.74, 6) is 2.29. The number of carbonyl (C=O) groups is 1. The summed E-state index contributed by atoms with van der Waals surface area (Å²) in [4.78, 5) is 15.4. The van der Waals surface area contributed by atoms with Crippen molar-refractivity contribution in [3.05, 3.63) is 77.9 Å². The summed E-state index contributed by atoms with van der Waals surface area (Å²) in [5, 5.41) is 0. The van der Waals surface area contributed by atoms with Crippen LogP contribution in [0.15, 0.2) is 66.7 Å². The maximum Gasteiger partial charge on any atom is 0.258 e. The molecule has 1 aliphatic rings. The highest BCUT2D eigenvalue weighted by molar-refractivity contribution is 6.07. The number of hydrogen-bond donors (Lipinski definition) is 0. The van der Waals surface area contributed by atoms with Gasteiger partial charge in [0.2, 0.25) is 5.75 Å². The third kappa shape index (κ3) is 4.93. The summed E-state index contributed by atoms with van der Waals surface area (Å²) < 4.78 is 27.7. The molecule has 7 heteroatoms. The van der Waals surface area contributed by atoms with Crippen molar-refractivity contribution in [2.75, 3.05) is 46.0 Å². The van der Waals surface area contributed by atoms with E-state index in [0.29, 0.717) is 59.8 Å². The van der Waals surface area contributed by atoms with Crippen LogP contribution in [-0.4, -0.2) is 47.0 Å². The Kier molecular flexibility index (Phi) is 7.22. The fourth-order valence-corrected chi connectivity index (χ4v) is 3.72. The molecule has 3 aromatic carbocycles. The first-order valence-corrected chi connectivity index (χ1v) is 10.9. The van der Waals surface area contributed by atoms with Crippen LogP contribution in [0.3, 0.4) is 0 Å². The van der Waals surface area contributed by atoms with Gasteiger partial charge in [-0.05, 0) is 29.8 Å². The number of methoxy groups -OCH3 is 3. The van der Waals surface area contributed by atoms with Gasteiger partial charge in [0, 0.05) is 23.9 Å². The average Bonchev–Trinajstić information content (AvgIpc) is 2.90. The Morgan fingerprint density at radius 2 is 1.56 bits per heavy atom. The first-order valence-electron chi connectivity index (χ1n) is 10.9. The van der Waals surface area contributed by atoms with Crippen molar-refractivity contribution in [1.82, 2.24) is 0 Å². The van der Waals surface area contributed by atoms with E-state index in [-0.39, 0.29) is 5.91 Å². The van der Waals surface area contributed by atoms with E-state index in [9.17, 15) is 4.79 Å². The Bertz CT molecular complexity index is 1150. The van der Waals surface area contributed by atoms with E-state index < -0.39 is 0 Å². The first-order chi connectivity index (χ1) is 16.6. The second-order valence-corrected chi connectivity index (χ2v) is 7.47. The van der Waals surface area contributed by atoms with E-state index in [2.05, 4.69) is 0 Å². The molecule has 0 N–H and O–H groups in total. The van der Waals surface area contributed by atoms with Crippen LogP contribution < -0.4 is 28.6 Å². The lowest BCUT2D eigenvalue weighted by atomic mass is 10.1. The summed E-state index contributed by atoms with van der Waals surface area (Å²) >= 11 is 0. The van der Waals surface area contributed by atoms with Crippen molar-refractivity contribution in [2.45, 2.75) is 0 Å². The number of rotatable bonds is 8.